The van der Waals surface area contributed by atoms with Gasteiger partial charge >= 0.3 is 0 Å². The Labute approximate surface area is 129 Å². The first-order valence-electron chi connectivity index (χ1n) is 8.41. The number of likely N-dealkylation sites (tertiary alicyclic amines) is 1. The maximum absolute atomic E-state index is 5.72. The predicted octanol–water partition coefficient (Wildman–Crippen LogP) is 3.31. The Morgan fingerprint density at radius 1 is 1.19 bits per heavy atom. The van der Waals surface area contributed by atoms with Gasteiger partial charge in [0.2, 0.25) is 0 Å². The van der Waals surface area contributed by atoms with Crippen molar-refractivity contribution in [3.8, 4) is 5.75 Å². The maximum Gasteiger partial charge on any atom is 0.119 e. The van der Waals surface area contributed by atoms with E-state index in [4.69, 9.17) is 4.74 Å². The molecule has 0 aromatic heterocycles. The van der Waals surface area contributed by atoms with E-state index < -0.39 is 0 Å². The van der Waals surface area contributed by atoms with Gasteiger partial charge in [-0.05, 0) is 71.3 Å². The molecule has 3 nitrogen and oxygen atoms in total. The molecule has 3 heteroatoms. The minimum atomic E-state index is 0.683. The summed E-state index contributed by atoms with van der Waals surface area (Å²) in [6.07, 6.45) is 4.97. The minimum absolute atomic E-state index is 0.683. The molecule has 1 aliphatic heterocycles. The second-order valence-corrected chi connectivity index (χ2v) is 6.23. The fourth-order valence-electron chi connectivity index (χ4n) is 2.92. The molecule has 118 valence electrons. The molecule has 1 fully saturated rings. The number of nitrogens with one attached hydrogen (secondary N) is 1. The molecule has 1 atom stereocenters. The van der Waals surface area contributed by atoms with E-state index in [-0.39, 0.29) is 0 Å². The molecular weight excluding hydrogens is 260 g/mol. The summed E-state index contributed by atoms with van der Waals surface area (Å²) < 4.78 is 5.72. The average molecular weight is 290 g/mol. The van der Waals surface area contributed by atoms with E-state index in [1.54, 1.807) is 0 Å². The Morgan fingerprint density at radius 3 is 2.76 bits per heavy atom. The van der Waals surface area contributed by atoms with Gasteiger partial charge in [-0.15, -0.1) is 0 Å². The third-order valence-electron chi connectivity index (χ3n) is 4.26. The lowest BCUT2D eigenvalue weighted by Crippen LogP contribution is -2.34. The summed E-state index contributed by atoms with van der Waals surface area (Å²) in [5, 5.41) is 3.70. The van der Waals surface area contributed by atoms with E-state index in [9.17, 15) is 0 Å². The SMILES string of the molecule is CC(C)N1CCCC(NCCCOc2ccccc2)CC1. The van der Waals surface area contributed by atoms with Gasteiger partial charge in [-0.1, -0.05) is 18.2 Å². The van der Waals surface area contributed by atoms with Gasteiger partial charge in [0, 0.05) is 12.1 Å². The van der Waals surface area contributed by atoms with Gasteiger partial charge in [0.15, 0.2) is 0 Å². The summed E-state index contributed by atoms with van der Waals surface area (Å²) in [6, 6.07) is 11.4. The second-order valence-electron chi connectivity index (χ2n) is 6.23. The van der Waals surface area contributed by atoms with Crippen LogP contribution in [0.2, 0.25) is 0 Å². The molecule has 0 amide bonds. The van der Waals surface area contributed by atoms with Crippen molar-refractivity contribution in [3.05, 3.63) is 30.3 Å². The van der Waals surface area contributed by atoms with E-state index in [0.717, 1.165) is 25.3 Å². The summed E-state index contributed by atoms with van der Waals surface area (Å²) in [4.78, 5) is 2.60. The lowest BCUT2D eigenvalue weighted by atomic mass is 10.1. The van der Waals surface area contributed by atoms with Crippen molar-refractivity contribution in [3.63, 3.8) is 0 Å². The highest BCUT2D eigenvalue weighted by Crippen LogP contribution is 2.13. The summed E-state index contributed by atoms with van der Waals surface area (Å²) in [5.41, 5.74) is 0. The van der Waals surface area contributed by atoms with E-state index >= 15 is 0 Å². The third kappa shape index (κ3) is 6.06. The van der Waals surface area contributed by atoms with Gasteiger partial charge < -0.3 is 15.0 Å². The predicted molar refractivity (Wildman–Crippen MR) is 88.9 cm³/mol. The molecule has 1 aromatic carbocycles. The van der Waals surface area contributed by atoms with Crippen molar-refractivity contribution < 1.29 is 4.74 Å². The van der Waals surface area contributed by atoms with Crippen molar-refractivity contribution in [1.29, 1.82) is 0 Å². The Kier molecular flexibility index (Phi) is 7.04. The molecule has 1 N–H and O–H groups in total. The highest BCUT2D eigenvalue weighted by atomic mass is 16.5. The van der Waals surface area contributed by atoms with Gasteiger partial charge in [0.25, 0.3) is 0 Å². The van der Waals surface area contributed by atoms with Gasteiger partial charge in [0.1, 0.15) is 5.75 Å². The molecule has 0 bridgehead atoms. The molecule has 1 saturated heterocycles. The highest BCUT2D eigenvalue weighted by Gasteiger charge is 2.17. The average Bonchev–Trinajstić information content (AvgIpc) is 2.74. The summed E-state index contributed by atoms with van der Waals surface area (Å²) >= 11 is 0. The Balaban J connectivity index is 1.56. The summed E-state index contributed by atoms with van der Waals surface area (Å²) in [6.45, 7) is 8.94. The van der Waals surface area contributed by atoms with Gasteiger partial charge in [-0.2, -0.15) is 0 Å². The quantitative estimate of drug-likeness (QED) is 0.780. The topological polar surface area (TPSA) is 24.5 Å². The first-order chi connectivity index (χ1) is 10.3. The molecule has 0 aliphatic carbocycles. The van der Waals surface area contributed by atoms with Crippen LogP contribution in [0, 0.1) is 0 Å². The molecule has 0 saturated carbocycles. The van der Waals surface area contributed by atoms with Crippen molar-refractivity contribution in [2.75, 3.05) is 26.2 Å². The summed E-state index contributed by atoms with van der Waals surface area (Å²) in [7, 11) is 0. The van der Waals surface area contributed by atoms with Crippen LogP contribution in [-0.2, 0) is 0 Å². The van der Waals surface area contributed by atoms with E-state index in [1.807, 2.05) is 30.3 Å². The fourth-order valence-corrected chi connectivity index (χ4v) is 2.92. The first kappa shape index (κ1) is 16.3. The molecule has 1 aliphatic rings. The number of para-hydroxylation sites is 1. The molecule has 2 rings (SSSR count). The van der Waals surface area contributed by atoms with Crippen LogP contribution in [0.4, 0.5) is 0 Å². The van der Waals surface area contributed by atoms with Crippen LogP contribution < -0.4 is 10.1 Å². The minimum Gasteiger partial charge on any atom is -0.494 e. The highest BCUT2D eigenvalue weighted by molar-refractivity contribution is 5.20. The largest absolute Gasteiger partial charge is 0.494 e. The molecule has 1 unspecified atom stereocenters. The number of hydrogen-bond acceptors (Lipinski definition) is 3. The number of benzene rings is 1. The molecule has 21 heavy (non-hydrogen) atoms. The number of nitrogens with zero attached hydrogens (tertiary/aromatic N) is 1. The molecular formula is C18H30N2O. The normalized spacial score (nSPS) is 20.4. The van der Waals surface area contributed by atoms with Crippen LogP contribution in [0.5, 0.6) is 5.75 Å². The van der Waals surface area contributed by atoms with E-state index in [0.29, 0.717) is 12.1 Å². The number of hydrogen-bond donors (Lipinski definition) is 1. The van der Waals surface area contributed by atoms with E-state index in [1.165, 1.54) is 32.4 Å². The van der Waals surface area contributed by atoms with E-state index in [2.05, 4.69) is 24.1 Å². The first-order valence-corrected chi connectivity index (χ1v) is 8.41. The van der Waals surface area contributed by atoms with Crippen LogP contribution in [0.15, 0.2) is 30.3 Å². The Morgan fingerprint density at radius 2 is 2.00 bits per heavy atom. The number of ether oxygens (including phenoxy) is 1. The Hall–Kier alpha value is -1.06. The zero-order valence-corrected chi connectivity index (χ0v) is 13.6. The van der Waals surface area contributed by atoms with Crippen LogP contribution >= 0.6 is 0 Å². The van der Waals surface area contributed by atoms with Gasteiger partial charge in [-0.25, -0.2) is 0 Å². The fraction of sp³-hybridized carbons (Fsp3) is 0.667. The zero-order chi connectivity index (χ0) is 14.9. The number of rotatable bonds is 7. The van der Waals surface area contributed by atoms with Crippen LogP contribution in [-0.4, -0.2) is 43.2 Å². The molecule has 1 aromatic rings. The molecule has 0 spiro atoms. The zero-order valence-electron chi connectivity index (χ0n) is 13.6. The maximum atomic E-state index is 5.72. The summed E-state index contributed by atoms with van der Waals surface area (Å²) in [5.74, 6) is 0.972. The van der Waals surface area contributed by atoms with Crippen molar-refractivity contribution in [2.24, 2.45) is 0 Å². The lowest BCUT2D eigenvalue weighted by molar-refractivity contribution is 0.228. The molecule has 1 heterocycles. The van der Waals surface area contributed by atoms with Crippen LogP contribution in [0.3, 0.4) is 0 Å². The van der Waals surface area contributed by atoms with Gasteiger partial charge in [-0.3, -0.25) is 0 Å². The third-order valence-corrected chi connectivity index (χ3v) is 4.26. The Bertz CT molecular complexity index is 380. The molecule has 0 radical (unpaired) electrons. The monoisotopic (exact) mass is 290 g/mol. The second kappa shape index (κ2) is 9.06. The lowest BCUT2D eigenvalue weighted by Gasteiger charge is -2.24. The standard InChI is InChI=1S/C18H30N2O/c1-16(2)20-13-6-8-17(11-14-20)19-12-7-15-21-18-9-4-3-5-10-18/h3-5,9-10,16-17,19H,6-8,11-15H2,1-2H3. The smallest absolute Gasteiger partial charge is 0.119 e. The van der Waals surface area contributed by atoms with Crippen molar-refractivity contribution >= 4 is 0 Å². The van der Waals surface area contributed by atoms with Crippen LogP contribution in [0.1, 0.15) is 39.5 Å². The van der Waals surface area contributed by atoms with Crippen LogP contribution in [0.25, 0.3) is 0 Å². The van der Waals surface area contributed by atoms with Crippen molar-refractivity contribution in [2.45, 2.75) is 51.6 Å². The van der Waals surface area contributed by atoms with Gasteiger partial charge in [0.05, 0.1) is 6.61 Å². The van der Waals surface area contributed by atoms with Crippen molar-refractivity contribution in [1.82, 2.24) is 10.2 Å².